The van der Waals surface area contributed by atoms with Gasteiger partial charge in [-0.05, 0) is 77.5 Å². The Morgan fingerprint density at radius 1 is 1.23 bits per heavy atom. The summed E-state index contributed by atoms with van der Waals surface area (Å²) >= 11 is 0. The summed E-state index contributed by atoms with van der Waals surface area (Å²) in [7, 11) is 0. The van der Waals surface area contributed by atoms with Crippen LogP contribution in [-0.4, -0.2) is 22.2 Å². The monoisotopic (exact) mass is 354 g/mol. The zero-order valence-electron chi connectivity index (χ0n) is 15.2. The molecule has 26 heavy (non-hydrogen) atoms. The van der Waals surface area contributed by atoms with Gasteiger partial charge in [0.15, 0.2) is 0 Å². The minimum Gasteiger partial charge on any atom is -0.481 e. The van der Waals surface area contributed by atoms with Crippen LogP contribution in [0.25, 0.3) is 5.57 Å². The summed E-state index contributed by atoms with van der Waals surface area (Å²) in [6.45, 7) is 2.35. The highest BCUT2D eigenvalue weighted by atomic mass is 16.4. The molecule has 0 saturated heterocycles. The van der Waals surface area contributed by atoms with Crippen molar-refractivity contribution in [2.45, 2.75) is 51.9 Å². The Bertz CT molecular complexity index is 793. The largest absolute Gasteiger partial charge is 0.481 e. The molecule has 1 aromatic rings. The van der Waals surface area contributed by atoms with Gasteiger partial charge in [-0.1, -0.05) is 31.2 Å². The smallest absolute Gasteiger partial charge is 0.307 e. The molecule has 0 aromatic heterocycles. The van der Waals surface area contributed by atoms with Gasteiger partial charge in [-0.2, -0.15) is 0 Å². The highest BCUT2D eigenvalue weighted by Gasteiger charge is 2.50. The maximum atomic E-state index is 11.2. The predicted octanol–water partition coefficient (Wildman–Crippen LogP) is 4.17. The number of hydrogen-bond acceptors (Lipinski definition) is 2. The number of aryl methyl sites for hydroxylation is 1. The van der Waals surface area contributed by atoms with Crippen molar-refractivity contribution in [1.82, 2.24) is 0 Å². The first-order valence-corrected chi connectivity index (χ1v) is 9.61. The molecule has 0 bridgehead atoms. The molecule has 0 radical (unpaired) electrons. The van der Waals surface area contributed by atoms with Gasteiger partial charge < -0.3 is 10.2 Å². The van der Waals surface area contributed by atoms with Gasteiger partial charge in [0, 0.05) is 6.42 Å². The van der Waals surface area contributed by atoms with E-state index in [0.29, 0.717) is 24.2 Å². The zero-order valence-corrected chi connectivity index (χ0v) is 15.2. The standard InChI is InChI=1S/C22H26O4/c1-22-7-6-17-16-4-2-13(10-20(23)24)8-15(16)3-5-18(17)19(22)9-14(12-22)11-21(25)26/h2,4,6,8,14,18-19H,3,5,7,9-12H2,1H3,(H,23,24)(H,25,26)/t14-,18+,19-,22+/m0/s1. The maximum absolute atomic E-state index is 11.2. The van der Waals surface area contributed by atoms with Gasteiger partial charge in [-0.15, -0.1) is 0 Å². The Hall–Kier alpha value is -2.10. The van der Waals surface area contributed by atoms with Gasteiger partial charge in [0.1, 0.15) is 0 Å². The van der Waals surface area contributed by atoms with Crippen molar-refractivity contribution in [3.8, 4) is 0 Å². The van der Waals surface area contributed by atoms with Crippen LogP contribution in [0.2, 0.25) is 0 Å². The second-order valence-electron chi connectivity index (χ2n) is 8.74. The first-order valence-electron chi connectivity index (χ1n) is 9.61. The minimum absolute atomic E-state index is 0.0767. The zero-order chi connectivity index (χ0) is 18.5. The number of aliphatic carboxylic acids is 2. The van der Waals surface area contributed by atoms with Crippen molar-refractivity contribution >= 4 is 17.5 Å². The van der Waals surface area contributed by atoms with E-state index in [9.17, 15) is 14.7 Å². The SMILES string of the molecule is C[C@]12CC=C3c4ccc(CC(=O)O)cc4CC[C@H]3[C@@H]1C[C@@H](CC(=O)O)C2. The summed E-state index contributed by atoms with van der Waals surface area (Å²) in [5.41, 5.74) is 5.09. The normalized spacial score (nSPS) is 32.2. The fourth-order valence-corrected chi connectivity index (χ4v) is 5.93. The van der Waals surface area contributed by atoms with E-state index in [0.717, 1.165) is 37.7 Å². The third kappa shape index (κ3) is 2.95. The Morgan fingerprint density at radius 3 is 2.77 bits per heavy atom. The van der Waals surface area contributed by atoms with Crippen LogP contribution in [0.15, 0.2) is 24.3 Å². The predicted molar refractivity (Wildman–Crippen MR) is 98.8 cm³/mol. The van der Waals surface area contributed by atoms with Crippen molar-refractivity contribution in [3.63, 3.8) is 0 Å². The van der Waals surface area contributed by atoms with Crippen LogP contribution in [0, 0.1) is 23.2 Å². The molecular formula is C22H26O4. The van der Waals surface area contributed by atoms with Crippen LogP contribution in [0.4, 0.5) is 0 Å². The molecule has 4 atom stereocenters. The number of allylic oxidation sites excluding steroid dienone is 2. The molecular weight excluding hydrogens is 328 g/mol. The molecule has 0 aliphatic heterocycles. The molecule has 1 fully saturated rings. The number of carboxylic acids is 2. The van der Waals surface area contributed by atoms with Gasteiger partial charge in [-0.3, -0.25) is 9.59 Å². The first-order chi connectivity index (χ1) is 12.4. The van der Waals surface area contributed by atoms with Crippen LogP contribution in [0.3, 0.4) is 0 Å². The molecule has 0 spiro atoms. The average molecular weight is 354 g/mol. The number of fused-ring (bicyclic) bond motifs is 5. The molecule has 1 saturated carbocycles. The van der Waals surface area contributed by atoms with Crippen molar-refractivity contribution in [3.05, 3.63) is 41.0 Å². The van der Waals surface area contributed by atoms with Gasteiger partial charge in [0.25, 0.3) is 0 Å². The molecule has 3 aliphatic rings. The lowest BCUT2D eigenvalue weighted by molar-refractivity contribution is -0.138. The van der Waals surface area contributed by atoms with Gasteiger partial charge in [0.05, 0.1) is 6.42 Å². The highest BCUT2D eigenvalue weighted by Crippen LogP contribution is 2.60. The Labute approximate surface area is 153 Å². The second kappa shape index (κ2) is 6.26. The van der Waals surface area contributed by atoms with E-state index in [1.165, 1.54) is 16.7 Å². The molecule has 0 amide bonds. The fourth-order valence-electron chi connectivity index (χ4n) is 5.93. The maximum Gasteiger partial charge on any atom is 0.307 e. The van der Waals surface area contributed by atoms with Crippen molar-refractivity contribution in [1.29, 1.82) is 0 Å². The topological polar surface area (TPSA) is 74.6 Å². The van der Waals surface area contributed by atoms with Crippen LogP contribution >= 0.6 is 0 Å². The van der Waals surface area contributed by atoms with Crippen molar-refractivity contribution < 1.29 is 19.8 Å². The van der Waals surface area contributed by atoms with E-state index in [-0.39, 0.29) is 11.8 Å². The fraction of sp³-hybridized carbons (Fsp3) is 0.545. The van der Waals surface area contributed by atoms with Gasteiger partial charge >= 0.3 is 11.9 Å². The van der Waals surface area contributed by atoms with Crippen LogP contribution < -0.4 is 0 Å². The summed E-state index contributed by atoms with van der Waals surface area (Å²) in [4.78, 5) is 22.1. The van der Waals surface area contributed by atoms with Crippen LogP contribution in [-0.2, 0) is 22.4 Å². The Balaban J connectivity index is 1.61. The number of carbonyl (C=O) groups is 2. The molecule has 3 aliphatic carbocycles. The van der Waals surface area contributed by atoms with Gasteiger partial charge in [0.2, 0.25) is 0 Å². The summed E-state index contributed by atoms with van der Waals surface area (Å²) in [6, 6.07) is 6.12. The lowest BCUT2D eigenvalue weighted by Gasteiger charge is -2.44. The lowest BCUT2D eigenvalue weighted by Crippen LogP contribution is -2.34. The highest BCUT2D eigenvalue weighted by molar-refractivity contribution is 5.75. The van der Waals surface area contributed by atoms with E-state index in [1.54, 1.807) is 0 Å². The molecule has 4 heteroatoms. The third-order valence-corrected chi connectivity index (χ3v) is 6.93. The molecule has 0 heterocycles. The third-order valence-electron chi connectivity index (χ3n) is 6.93. The van der Waals surface area contributed by atoms with E-state index >= 15 is 0 Å². The number of benzene rings is 1. The van der Waals surface area contributed by atoms with Crippen LogP contribution in [0.1, 0.15) is 55.7 Å². The molecule has 4 nitrogen and oxygen atoms in total. The van der Waals surface area contributed by atoms with E-state index < -0.39 is 11.9 Å². The van der Waals surface area contributed by atoms with E-state index in [2.05, 4.69) is 25.1 Å². The summed E-state index contributed by atoms with van der Waals surface area (Å²) < 4.78 is 0. The molecule has 1 aromatic carbocycles. The second-order valence-corrected chi connectivity index (χ2v) is 8.74. The minimum atomic E-state index is -0.790. The summed E-state index contributed by atoms with van der Waals surface area (Å²) in [5.74, 6) is -0.0780. The molecule has 2 N–H and O–H groups in total. The Morgan fingerprint density at radius 2 is 2.04 bits per heavy atom. The summed E-state index contributed by atoms with van der Waals surface area (Å²) in [6.07, 6.45) is 7.91. The molecule has 0 unspecified atom stereocenters. The van der Waals surface area contributed by atoms with E-state index in [4.69, 9.17) is 5.11 Å². The van der Waals surface area contributed by atoms with Gasteiger partial charge in [-0.25, -0.2) is 0 Å². The average Bonchev–Trinajstić information content (AvgIpc) is 2.89. The number of carboxylic acid groups (broad SMARTS) is 2. The molecule has 4 rings (SSSR count). The van der Waals surface area contributed by atoms with Crippen molar-refractivity contribution in [2.75, 3.05) is 0 Å². The Kier molecular flexibility index (Phi) is 4.17. The number of hydrogen-bond donors (Lipinski definition) is 2. The summed E-state index contributed by atoms with van der Waals surface area (Å²) in [5, 5.41) is 18.2. The molecule has 138 valence electrons. The lowest BCUT2D eigenvalue weighted by atomic mass is 9.60. The first kappa shape index (κ1) is 17.3. The quantitative estimate of drug-likeness (QED) is 0.851. The number of rotatable bonds is 4. The van der Waals surface area contributed by atoms with E-state index in [1.807, 2.05) is 6.07 Å². The van der Waals surface area contributed by atoms with Crippen molar-refractivity contribution in [2.24, 2.45) is 23.2 Å². The van der Waals surface area contributed by atoms with Crippen LogP contribution in [0.5, 0.6) is 0 Å².